The zero-order valence-electron chi connectivity index (χ0n) is 10.7. The Bertz CT molecular complexity index is 308. The Balaban J connectivity index is 1.70. The minimum Gasteiger partial charge on any atom is -0.456 e. The van der Waals surface area contributed by atoms with Gasteiger partial charge in [-0.2, -0.15) is 0 Å². The van der Waals surface area contributed by atoms with Crippen LogP contribution in [0.15, 0.2) is 12.2 Å². The van der Waals surface area contributed by atoms with E-state index in [2.05, 4.69) is 0 Å². The minimum absolute atomic E-state index is 0.0794. The number of hydrogen-bond donors (Lipinski definition) is 0. The van der Waals surface area contributed by atoms with E-state index in [0.29, 0.717) is 0 Å². The lowest BCUT2D eigenvalue weighted by molar-refractivity contribution is -0.181. The van der Waals surface area contributed by atoms with Gasteiger partial charge in [-0.05, 0) is 62.7 Å². The van der Waals surface area contributed by atoms with Crippen molar-refractivity contribution in [3.05, 3.63) is 12.2 Å². The van der Waals surface area contributed by atoms with Crippen LogP contribution >= 0.6 is 0 Å². The van der Waals surface area contributed by atoms with E-state index < -0.39 is 0 Å². The molecular formula is C15H22O2. The summed E-state index contributed by atoms with van der Waals surface area (Å²) in [5.74, 6) is 2.39. The molecule has 0 amide bonds. The van der Waals surface area contributed by atoms with Gasteiger partial charge in [-0.3, -0.25) is 0 Å². The smallest absolute Gasteiger partial charge is 0.330 e. The first-order chi connectivity index (χ1) is 8.19. The number of hydrogen-bond acceptors (Lipinski definition) is 2. The van der Waals surface area contributed by atoms with E-state index in [0.717, 1.165) is 43.4 Å². The van der Waals surface area contributed by atoms with Crippen LogP contribution in [-0.4, -0.2) is 11.6 Å². The highest BCUT2D eigenvalue weighted by Crippen LogP contribution is 2.57. The molecule has 4 aliphatic carbocycles. The largest absolute Gasteiger partial charge is 0.456 e. The van der Waals surface area contributed by atoms with Crippen molar-refractivity contribution in [2.24, 2.45) is 17.8 Å². The molecule has 0 aromatic heterocycles. The second-order valence-electron chi connectivity index (χ2n) is 6.33. The molecule has 2 heteroatoms. The van der Waals surface area contributed by atoms with Crippen molar-refractivity contribution in [1.29, 1.82) is 0 Å². The standard InChI is InChI=1S/C15H22O2/c1-2-3-4-14(16)17-15-8-11-5-12(9-15)7-13(6-11)10-15/h3-4,11-13H,2,5-10H2,1H3. The molecule has 4 fully saturated rings. The van der Waals surface area contributed by atoms with Gasteiger partial charge in [-0.25, -0.2) is 4.79 Å². The van der Waals surface area contributed by atoms with E-state index >= 15 is 0 Å². The third kappa shape index (κ3) is 2.14. The summed E-state index contributed by atoms with van der Waals surface area (Å²) in [6.07, 6.45) is 12.0. The highest BCUT2D eigenvalue weighted by Gasteiger charge is 2.52. The fourth-order valence-electron chi connectivity index (χ4n) is 4.62. The summed E-state index contributed by atoms with van der Waals surface area (Å²) in [5.41, 5.74) is -0.0794. The van der Waals surface area contributed by atoms with Crippen molar-refractivity contribution in [2.75, 3.05) is 0 Å². The van der Waals surface area contributed by atoms with Crippen LogP contribution in [0.3, 0.4) is 0 Å². The zero-order chi connectivity index (χ0) is 11.9. The summed E-state index contributed by atoms with van der Waals surface area (Å²) >= 11 is 0. The second kappa shape index (κ2) is 4.15. The van der Waals surface area contributed by atoms with Gasteiger partial charge in [0.15, 0.2) is 0 Å². The molecule has 4 bridgehead atoms. The lowest BCUT2D eigenvalue weighted by Crippen LogP contribution is -2.52. The van der Waals surface area contributed by atoms with Gasteiger partial charge in [0.2, 0.25) is 0 Å². The van der Waals surface area contributed by atoms with E-state index in [1.54, 1.807) is 6.08 Å². The van der Waals surface area contributed by atoms with Gasteiger partial charge >= 0.3 is 5.97 Å². The Kier molecular flexibility index (Phi) is 2.76. The predicted octanol–water partition coefficient (Wildman–Crippen LogP) is 3.46. The van der Waals surface area contributed by atoms with Crippen LogP contribution < -0.4 is 0 Å². The molecule has 4 rings (SSSR count). The molecule has 0 aromatic carbocycles. The van der Waals surface area contributed by atoms with Gasteiger partial charge in [0.1, 0.15) is 5.60 Å². The maximum atomic E-state index is 11.8. The second-order valence-corrected chi connectivity index (χ2v) is 6.33. The summed E-state index contributed by atoms with van der Waals surface area (Å²) in [5, 5.41) is 0. The van der Waals surface area contributed by atoms with Crippen molar-refractivity contribution in [3.8, 4) is 0 Å². The lowest BCUT2D eigenvalue weighted by Gasteiger charge is -2.55. The van der Waals surface area contributed by atoms with Crippen LogP contribution in [0.25, 0.3) is 0 Å². The SMILES string of the molecule is CCC=CC(=O)OC12CC3CC(CC(C3)C1)C2. The Labute approximate surface area is 103 Å². The molecule has 0 N–H and O–H groups in total. The van der Waals surface area contributed by atoms with Crippen LogP contribution in [0, 0.1) is 17.8 Å². The molecule has 0 aromatic rings. The normalized spacial score (nSPS) is 43.2. The van der Waals surface area contributed by atoms with Crippen LogP contribution in [0.1, 0.15) is 51.9 Å². The molecule has 2 nitrogen and oxygen atoms in total. The fraction of sp³-hybridized carbons (Fsp3) is 0.800. The maximum Gasteiger partial charge on any atom is 0.330 e. The third-order valence-electron chi connectivity index (χ3n) is 4.79. The first kappa shape index (κ1) is 11.3. The topological polar surface area (TPSA) is 26.3 Å². The molecule has 0 unspecified atom stereocenters. The molecule has 94 valence electrons. The summed E-state index contributed by atoms with van der Waals surface area (Å²) < 4.78 is 5.83. The summed E-state index contributed by atoms with van der Waals surface area (Å²) in [6.45, 7) is 2.04. The quantitative estimate of drug-likeness (QED) is 0.552. The zero-order valence-corrected chi connectivity index (χ0v) is 10.7. The number of allylic oxidation sites excluding steroid dienone is 1. The van der Waals surface area contributed by atoms with Crippen molar-refractivity contribution in [3.63, 3.8) is 0 Å². The molecule has 0 spiro atoms. The Hall–Kier alpha value is -0.790. The van der Waals surface area contributed by atoms with Gasteiger partial charge in [0.05, 0.1) is 0 Å². The Morgan fingerprint density at radius 2 is 1.71 bits per heavy atom. The molecule has 0 heterocycles. The lowest BCUT2D eigenvalue weighted by atomic mass is 9.54. The average Bonchev–Trinajstić information content (AvgIpc) is 2.23. The third-order valence-corrected chi connectivity index (χ3v) is 4.79. The minimum atomic E-state index is -0.117. The van der Waals surface area contributed by atoms with Gasteiger partial charge in [0, 0.05) is 6.08 Å². The highest BCUT2D eigenvalue weighted by molar-refractivity contribution is 5.82. The van der Waals surface area contributed by atoms with Crippen molar-refractivity contribution in [1.82, 2.24) is 0 Å². The first-order valence-electron chi connectivity index (χ1n) is 7.08. The molecule has 4 saturated carbocycles. The van der Waals surface area contributed by atoms with Gasteiger partial charge in [0.25, 0.3) is 0 Å². The Morgan fingerprint density at radius 1 is 1.18 bits per heavy atom. The molecule has 0 saturated heterocycles. The Morgan fingerprint density at radius 3 is 2.18 bits per heavy atom. The van der Waals surface area contributed by atoms with Crippen LogP contribution in [-0.2, 0) is 9.53 Å². The van der Waals surface area contributed by atoms with Gasteiger partial charge in [-0.1, -0.05) is 13.0 Å². The summed E-state index contributed by atoms with van der Waals surface area (Å²) in [7, 11) is 0. The molecular weight excluding hydrogens is 212 g/mol. The average molecular weight is 234 g/mol. The molecule has 0 radical (unpaired) electrons. The van der Waals surface area contributed by atoms with Crippen LogP contribution in [0.2, 0.25) is 0 Å². The van der Waals surface area contributed by atoms with E-state index in [1.807, 2.05) is 13.0 Å². The fourth-order valence-corrected chi connectivity index (χ4v) is 4.62. The molecule has 4 aliphatic rings. The van der Waals surface area contributed by atoms with E-state index in [-0.39, 0.29) is 11.6 Å². The highest BCUT2D eigenvalue weighted by atomic mass is 16.6. The van der Waals surface area contributed by atoms with Crippen molar-refractivity contribution >= 4 is 5.97 Å². The van der Waals surface area contributed by atoms with Crippen LogP contribution in [0.4, 0.5) is 0 Å². The molecule has 0 atom stereocenters. The number of rotatable bonds is 3. The molecule has 0 aliphatic heterocycles. The van der Waals surface area contributed by atoms with Gasteiger partial charge in [-0.15, -0.1) is 0 Å². The monoisotopic (exact) mass is 234 g/mol. The number of ether oxygens (including phenoxy) is 1. The van der Waals surface area contributed by atoms with Crippen molar-refractivity contribution in [2.45, 2.75) is 57.5 Å². The van der Waals surface area contributed by atoms with Crippen molar-refractivity contribution < 1.29 is 9.53 Å². The summed E-state index contributed by atoms with van der Waals surface area (Å²) in [6, 6.07) is 0. The maximum absolute atomic E-state index is 11.8. The number of carbonyl (C=O) groups is 1. The number of carbonyl (C=O) groups excluding carboxylic acids is 1. The van der Waals surface area contributed by atoms with E-state index in [1.165, 1.54) is 19.3 Å². The van der Waals surface area contributed by atoms with Gasteiger partial charge < -0.3 is 4.74 Å². The molecule has 17 heavy (non-hydrogen) atoms. The first-order valence-corrected chi connectivity index (χ1v) is 7.08. The van der Waals surface area contributed by atoms with Crippen LogP contribution in [0.5, 0.6) is 0 Å². The van der Waals surface area contributed by atoms with E-state index in [4.69, 9.17) is 4.74 Å². The van der Waals surface area contributed by atoms with E-state index in [9.17, 15) is 4.79 Å². The number of esters is 1. The summed E-state index contributed by atoms with van der Waals surface area (Å²) in [4.78, 5) is 11.8. The predicted molar refractivity (Wildman–Crippen MR) is 66.4 cm³/mol.